The van der Waals surface area contributed by atoms with Crippen LogP contribution < -0.4 is 14.8 Å². The lowest BCUT2D eigenvalue weighted by molar-refractivity contribution is 0.395. The third-order valence-electron chi connectivity index (χ3n) is 2.77. The summed E-state index contributed by atoms with van der Waals surface area (Å²) in [6.45, 7) is 2.81. The fourth-order valence-electron chi connectivity index (χ4n) is 1.72. The summed E-state index contributed by atoms with van der Waals surface area (Å²) >= 11 is 1.70. The number of methoxy groups -OCH3 is 2. The van der Waals surface area contributed by atoms with E-state index < -0.39 is 0 Å². The molecule has 0 bridgehead atoms. The van der Waals surface area contributed by atoms with Crippen molar-refractivity contribution in [2.45, 2.75) is 19.9 Å². The van der Waals surface area contributed by atoms with Gasteiger partial charge in [0.05, 0.1) is 37.2 Å². The second kappa shape index (κ2) is 6.43. The second-order valence-electron chi connectivity index (χ2n) is 4.01. The number of nitrogens with zero attached hydrogens (tertiary/aromatic N) is 1. The molecule has 1 aromatic carbocycles. The quantitative estimate of drug-likeness (QED) is 0.880. The molecule has 102 valence electrons. The smallest absolute Gasteiger partial charge is 0.145 e. The van der Waals surface area contributed by atoms with E-state index >= 15 is 0 Å². The van der Waals surface area contributed by atoms with Gasteiger partial charge in [-0.2, -0.15) is 0 Å². The van der Waals surface area contributed by atoms with Crippen LogP contribution in [-0.4, -0.2) is 19.2 Å². The highest BCUT2D eigenvalue weighted by Gasteiger charge is 2.06. The molecule has 5 heteroatoms. The Labute approximate surface area is 117 Å². The van der Waals surface area contributed by atoms with Crippen molar-refractivity contribution >= 4 is 17.0 Å². The van der Waals surface area contributed by atoms with E-state index in [0.717, 1.165) is 29.3 Å². The van der Waals surface area contributed by atoms with Gasteiger partial charge in [0, 0.05) is 11.4 Å². The molecule has 19 heavy (non-hydrogen) atoms. The minimum atomic E-state index is 0.694. The Balaban J connectivity index is 2.06. The van der Waals surface area contributed by atoms with Gasteiger partial charge >= 0.3 is 0 Å². The Hall–Kier alpha value is -1.75. The maximum absolute atomic E-state index is 5.34. The lowest BCUT2D eigenvalue weighted by Gasteiger charge is -2.11. The van der Waals surface area contributed by atoms with Crippen LogP contribution in [0.2, 0.25) is 0 Å². The van der Waals surface area contributed by atoms with Crippen LogP contribution >= 0.6 is 11.3 Å². The number of rotatable bonds is 6. The minimum Gasteiger partial charge on any atom is -0.497 e. The van der Waals surface area contributed by atoms with Gasteiger partial charge in [0.15, 0.2) is 0 Å². The summed E-state index contributed by atoms with van der Waals surface area (Å²) in [4.78, 5) is 4.52. The molecule has 0 saturated heterocycles. The largest absolute Gasteiger partial charge is 0.497 e. The second-order valence-corrected chi connectivity index (χ2v) is 4.95. The van der Waals surface area contributed by atoms with Gasteiger partial charge in [0.25, 0.3) is 0 Å². The number of ether oxygens (including phenoxy) is 2. The van der Waals surface area contributed by atoms with E-state index in [0.29, 0.717) is 6.54 Å². The molecule has 1 aromatic heterocycles. The van der Waals surface area contributed by atoms with E-state index in [1.165, 1.54) is 5.01 Å². The van der Waals surface area contributed by atoms with Gasteiger partial charge in [-0.1, -0.05) is 6.92 Å². The highest BCUT2D eigenvalue weighted by atomic mass is 32.1. The molecule has 0 saturated carbocycles. The van der Waals surface area contributed by atoms with Crippen molar-refractivity contribution in [3.63, 3.8) is 0 Å². The molecule has 0 unspecified atom stereocenters. The molecular weight excluding hydrogens is 260 g/mol. The van der Waals surface area contributed by atoms with Crippen LogP contribution in [0.25, 0.3) is 0 Å². The molecule has 0 fully saturated rings. The van der Waals surface area contributed by atoms with E-state index in [-0.39, 0.29) is 0 Å². The fraction of sp³-hybridized carbons (Fsp3) is 0.357. The van der Waals surface area contributed by atoms with Crippen LogP contribution in [0, 0.1) is 0 Å². The minimum absolute atomic E-state index is 0.694. The predicted octanol–water partition coefficient (Wildman–Crippen LogP) is 3.33. The average Bonchev–Trinajstić information content (AvgIpc) is 2.92. The fourth-order valence-corrected chi connectivity index (χ4v) is 2.47. The van der Waals surface area contributed by atoms with Crippen LogP contribution in [0.1, 0.15) is 17.6 Å². The number of nitrogens with one attached hydrogen (secondary N) is 1. The van der Waals surface area contributed by atoms with E-state index in [9.17, 15) is 0 Å². The first-order valence-electron chi connectivity index (χ1n) is 6.16. The molecule has 0 aliphatic carbocycles. The first kappa shape index (κ1) is 13.7. The van der Waals surface area contributed by atoms with Gasteiger partial charge in [-0.25, -0.2) is 4.98 Å². The van der Waals surface area contributed by atoms with E-state index in [1.54, 1.807) is 25.6 Å². The van der Waals surface area contributed by atoms with Crippen LogP contribution in [0.15, 0.2) is 23.6 Å². The number of aryl methyl sites for hydroxylation is 1. The summed E-state index contributed by atoms with van der Waals surface area (Å²) in [5.41, 5.74) is 1.99. The highest BCUT2D eigenvalue weighted by Crippen LogP contribution is 2.29. The molecule has 0 atom stereocenters. The van der Waals surface area contributed by atoms with Gasteiger partial charge in [-0.05, 0) is 18.6 Å². The molecule has 1 N–H and O–H groups in total. The van der Waals surface area contributed by atoms with Gasteiger partial charge in [0.2, 0.25) is 0 Å². The normalized spacial score (nSPS) is 10.3. The first-order chi connectivity index (χ1) is 9.26. The summed E-state index contributed by atoms with van der Waals surface area (Å²) in [6.07, 6.45) is 0.983. The average molecular weight is 278 g/mol. The summed E-state index contributed by atoms with van der Waals surface area (Å²) in [6, 6.07) is 5.72. The zero-order valence-corrected chi connectivity index (χ0v) is 12.2. The standard InChI is InChI=1S/C14H18N2O2S/c1-4-14-16-10(9-19-14)8-15-12-6-5-11(17-2)7-13(12)18-3/h5-7,9,15H,4,8H2,1-3H3. The van der Waals surface area contributed by atoms with E-state index in [1.807, 2.05) is 18.2 Å². The first-order valence-corrected chi connectivity index (χ1v) is 7.04. The highest BCUT2D eigenvalue weighted by molar-refractivity contribution is 7.09. The van der Waals surface area contributed by atoms with Crippen LogP contribution in [0.5, 0.6) is 11.5 Å². The van der Waals surface area contributed by atoms with Crippen molar-refractivity contribution in [1.29, 1.82) is 0 Å². The number of hydrogen-bond acceptors (Lipinski definition) is 5. The van der Waals surface area contributed by atoms with Crippen molar-refractivity contribution in [2.24, 2.45) is 0 Å². The Bertz CT molecular complexity index is 540. The van der Waals surface area contributed by atoms with E-state index in [4.69, 9.17) is 9.47 Å². The Morgan fingerprint density at radius 2 is 2.11 bits per heavy atom. The molecule has 0 amide bonds. The van der Waals surface area contributed by atoms with Crippen molar-refractivity contribution in [3.05, 3.63) is 34.3 Å². The lowest BCUT2D eigenvalue weighted by Crippen LogP contribution is -2.02. The zero-order chi connectivity index (χ0) is 13.7. The van der Waals surface area contributed by atoms with Gasteiger partial charge in [-0.15, -0.1) is 11.3 Å². The van der Waals surface area contributed by atoms with Crippen LogP contribution in [-0.2, 0) is 13.0 Å². The molecular formula is C14H18N2O2S. The summed E-state index contributed by atoms with van der Waals surface area (Å²) in [7, 11) is 3.29. The summed E-state index contributed by atoms with van der Waals surface area (Å²) in [5.74, 6) is 1.55. The molecule has 0 radical (unpaired) electrons. The maximum atomic E-state index is 5.34. The molecule has 1 heterocycles. The molecule has 0 spiro atoms. The monoisotopic (exact) mass is 278 g/mol. The van der Waals surface area contributed by atoms with Crippen molar-refractivity contribution in [2.75, 3.05) is 19.5 Å². The van der Waals surface area contributed by atoms with Gasteiger partial charge < -0.3 is 14.8 Å². The maximum Gasteiger partial charge on any atom is 0.145 e. The molecule has 0 aliphatic rings. The van der Waals surface area contributed by atoms with E-state index in [2.05, 4.69) is 22.6 Å². The Morgan fingerprint density at radius 3 is 2.74 bits per heavy atom. The third kappa shape index (κ3) is 3.38. The molecule has 2 rings (SSSR count). The third-order valence-corrected chi connectivity index (χ3v) is 3.81. The summed E-state index contributed by atoms with van der Waals surface area (Å²) in [5, 5.41) is 6.58. The number of anilines is 1. The number of hydrogen-bond donors (Lipinski definition) is 1. The predicted molar refractivity (Wildman–Crippen MR) is 78.4 cm³/mol. The van der Waals surface area contributed by atoms with Crippen molar-refractivity contribution in [1.82, 2.24) is 4.98 Å². The summed E-state index contributed by atoms with van der Waals surface area (Å²) < 4.78 is 10.5. The van der Waals surface area contributed by atoms with Crippen LogP contribution in [0.3, 0.4) is 0 Å². The van der Waals surface area contributed by atoms with Gasteiger partial charge in [0.1, 0.15) is 11.5 Å². The lowest BCUT2D eigenvalue weighted by atomic mass is 10.2. The molecule has 2 aromatic rings. The zero-order valence-electron chi connectivity index (χ0n) is 11.4. The van der Waals surface area contributed by atoms with Crippen LogP contribution in [0.4, 0.5) is 5.69 Å². The topological polar surface area (TPSA) is 43.4 Å². The Morgan fingerprint density at radius 1 is 1.26 bits per heavy atom. The molecule has 0 aliphatic heterocycles. The Kier molecular flexibility index (Phi) is 4.63. The van der Waals surface area contributed by atoms with Crippen molar-refractivity contribution in [3.8, 4) is 11.5 Å². The number of aromatic nitrogens is 1. The molecule has 4 nitrogen and oxygen atoms in total. The van der Waals surface area contributed by atoms with Crippen molar-refractivity contribution < 1.29 is 9.47 Å². The number of thiazole rings is 1. The number of benzene rings is 1. The SMILES string of the molecule is CCc1nc(CNc2ccc(OC)cc2OC)cs1. The van der Waals surface area contributed by atoms with Gasteiger partial charge in [-0.3, -0.25) is 0 Å².